The van der Waals surface area contributed by atoms with Crippen molar-refractivity contribution in [1.29, 1.82) is 0 Å². The highest BCUT2D eigenvalue weighted by Crippen LogP contribution is 2.31. The Bertz CT molecular complexity index is 291. The molecule has 4 nitrogen and oxygen atoms in total. The normalized spacial score (nSPS) is 25.5. The molecule has 0 spiro atoms. The Morgan fingerprint density at radius 3 is 2.35 bits per heavy atom. The predicted octanol–water partition coefficient (Wildman–Crippen LogP) is 2.28. The number of carbonyl (C=O) groups excluding carboxylic acids is 1. The summed E-state index contributed by atoms with van der Waals surface area (Å²) < 4.78 is 35.7. The molecule has 0 aromatic rings. The number of likely N-dealkylation sites (tertiary alicyclic amines) is 1. The van der Waals surface area contributed by atoms with E-state index in [-0.39, 0.29) is 19.5 Å². The van der Waals surface area contributed by atoms with Crippen LogP contribution in [0.1, 0.15) is 27.2 Å². The molecule has 17 heavy (non-hydrogen) atoms. The van der Waals surface area contributed by atoms with Crippen molar-refractivity contribution < 1.29 is 23.0 Å². The maximum atomic E-state index is 12.9. The molecule has 100 valence electrons. The number of nitrogens with zero attached hydrogens (tertiary/aromatic N) is 1. The van der Waals surface area contributed by atoms with Gasteiger partial charge in [-0.1, -0.05) is 0 Å². The Morgan fingerprint density at radius 2 is 2.00 bits per heavy atom. The number of hydrogen-bond donors (Lipinski definition) is 0. The van der Waals surface area contributed by atoms with Crippen LogP contribution >= 0.6 is 0 Å². The molecular formula is C11H19F2NO3. The van der Waals surface area contributed by atoms with Gasteiger partial charge in [-0.25, -0.2) is 13.6 Å². The first-order valence-corrected chi connectivity index (χ1v) is 5.51. The molecule has 0 bridgehead atoms. The minimum absolute atomic E-state index is 0.125. The fourth-order valence-electron chi connectivity index (χ4n) is 1.72. The van der Waals surface area contributed by atoms with Gasteiger partial charge in [0.15, 0.2) is 0 Å². The lowest BCUT2D eigenvalue weighted by atomic mass is 10.0. The van der Waals surface area contributed by atoms with Crippen molar-refractivity contribution in [3.05, 3.63) is 0 Å². The average molecular weight is 251 g/mol. The van der Waals surface area contributed by atoms with Crippen LogP contribution in [0.15, 0.2) is 0 Å². The summed E-state index contributed by atoms with van der Waals surface area (Å²) in [6, 6.07) is 0. The Kier molecular flexibility index (Phi) is 3.96. The molecule has 1 atom stereocenters. The quantitative estimate of drug-likeness (QED) is 0.755. The highest BCUT2D eigenvalue weighted by molar-refractivity contribution is 5.68. The van der Waals surface area contributed by atoms with E-state index in [2.05, 4.69) is 0 Å². The lowest BCUT2D eigenvalue weighted by Gasteiger charge is -2.28. The lowest BCUT2D eigenvalue weighted by molar-refractivity contribution is -0.112. The van der Waals surface area contributed by atoms with E-state index in [9.17, 15) is 13.6 Å². The Balaban J connectivity index is 2.64. The second-order valence-electron chi connectivity index (χ2n) is 5.22. The Hall–Kier alpha value is -0.910. The third-order valence-electron chi connectivity index (χ3n) is 2.72. The number of carbonyl (C=O) groups is 1. The second-order valence-corrected chi connectivity index (χ2v) is 5.22. The van der Waals surface area contributed by atoms with Crippen LogP contribution in [-0.2, 0) is 9.47 Å². The van der Waals surface area contributed by atoms with Crippen LogP contribution in [0.25, 0.3) is 0 Å². The van der Waals surface area contributed by atoms with Crippen molar-refractivity contribution in [1.82, 2.24) is 4.90 Å². The van der Waals surface area contributed by atoms with E-state index in [1.54, 1.807) is 20.8 Å². The molecule has 0 saturated carbocycles. The number of alkyl halides is 2. The number of methoxy groups -OCH3 is 1. The molecule has 1 saturated heterocycles. The minimum atomic E-state index is -2.61. The van der Waals surface area contributed by atoms with Crippen molar-refractivity contribution >= 4 is 6.09 Å². The molecule has 1 aliphatic rings. The van der Waals surface area contributed by atoms with Crippen molar-refractivity contribution in [2.45, 2.75) is 44.8 Å². The molecule has 6 heteroatoms. The molecule has 0 aromatic heterocycles. The third kappa shape index (κ3) is 3.28. The molecular weight excluding hydrogens is 232 g/mol. The van der Waals surface area contributed by atoms with E-state index in [0.29, 0.717) is 0 Å². The standard InChI is InChI=1S/C11H19F2NO3/c1-10(2,3)17-9(15)14-6-5-11(7-14,16-4)8(12)13/h8H,5-7H2,1-4H3. The average Bonchev–Trinajstić information content (AvgIpc) is 2.60. The first-order chi connectivity index (χ1) is 7.70. The van der Waals surface area contributed by atoms with E-state index in [4.69, 9.17) is 9.47 Å². The maximum absolute atomic E-state index is 12.9. The summed E-state index contributed by atoms with van der Waals surface area (Å²) in [5, 5.41) is 0. The van der Waals surface area contributed by atoms with Gasteiger partial charge in [0.25, 0.3) is 6.43 Å². The summed E-state index contributed by atoms with van der Waals surface area (Å²) in [5.41, 5.74) is -2.17. The maximum Gasteiger partial charge on any atom is 0.410 e. The summed E-state index contributed by atoms with van der Waals surface area (Å²) >= 11 is 0. The number of hydrogen-bond acceptors (Lipinski definition) is 3. The van der Waals surface area contributed by atoms with Crippen LogP contribution in [0.3, 0.4) is 0 Å². The smallest absolute Gasteiger partial charge is 0.410 e. The van der Waals surface area contributed by atoms with Crippen LogP contribution in [0.2, 0.25) is 0 Å². The van der Waals surface area contributed by atoms with Crippen LogP contribution in [0, 0.1) is 0 Å². The van der Waals surface area contributed by atoms with Gasteiger partial charge in [0, 0.05) is 20.1 Å². The van der Waals surface area contributed by atoms with Crippen molar-refractivity contribution in [2.24, 2.45) is 0 Å². The SMILES string of the molecule is COC1(C(F)F)CCN(C(=O)OC(C)(C)C)C1. The topological polar surface area (TPSA) is 38.8 Å². The molecule has 0 radical (unpaired) electrons. The van der Waals surface area contributed by atoms with Crippen molar-refractivity contribution in [3.63, 3.8) is 0 Å². The second kappa shape index (κ2) is 4.76. The summed E-state index contributed by atoms with van der Waals surface area (Å²) in [5.74, 6) is 0. The van der Waals surface area contributed by atoms with Gasteiger partial charge in [-0.05, 0) is 20.8 Å². The number of halogens is 2. The molecule has 0 aromatic carbocycles. The van der Waals surface area contributed by atoms with Crippen LogP contribution in [0.5, 0.6) is 0 Å². The van der Waals surface area contributed by atoms with E-state index in [1.807, 2.05) is 0 Å². The molecule has 1 fully saturated rings. The van der Waals surface area contributed by atoms with Gasteiger partial charge in [-0.15, -0.1) is 0 Å². The first-order valence-electron chi connectivity index (χ1n) is 5.51. The zero-order chi connectivity index (χ0) is 13.3. The largest absolute Gasteiger partial charge is 0.444 e. The summed E-state index contributed by atoms with van der Waals surface area (Å²) in [7, 11) is 1.24. The van der Waals surface area contributed by atoms with Crippen molar-refractivity contribution in [3.8, 4) is 0 Å². The van der Waals surface area contributed by atoms with Gasteiger partial charge < -0.3 is 14.4 Å². The Morgan fingerprint density at radius 1 is 1.41 bits per heavy atom. The van der Waals surface area contributed by atoms with Crippen LogP contribution in [0.4, 0.5) is 13.6 Å². The van der Waals surface area contributed by atoms with Crippen LogP contribution < -0.4 is 0 Å². The number of rotatable bonds is 2. The highest BCUT2D eigenvalue weighted by atomic mass is 19.3. The van der Waals surface area contributed by atoms with E-state index in [0.717, 1.165) is 0 Å². The number of ether oxygens (including phenoxy) is 2. The van der Waals surface area contributed by atoms with Crippen molar-refractivity contribution in [2.75, 3.05) is 20.2 Å². The summed E-state index contributed by atoms with van der Waals surface area (Å²) in [4.78, 5) is 13.0. The van der Waals surface area contributed by atoms with E-state index < -0.39 is 23.7 Å². The fourth-order valence-corrected chi connectivity index (χ4v) is 1.72. The number of amides is 1. The van der Waals surface area contributed by atoms with Crippen LogP contribution in [-0.4, -0.2) is 48.8 Å². The summed E-state index contributed by atoms with van der Waals surface area (Å²) in [6.45, 7) is 5.30. The van der Waals surface area contributed by atoms with Gasteiger partial charge >= 0.3 is 6.09 Å². The molecule has 0 N–H and O–H groups in total. The van der Waals surface area contributed by atoms with E-state index >= 15 is 0 Å². The molecule has 1 heterocycles. The molecule has 1 rings (SSSR count). The van der Waals surface area contributed by atoms with Gasteiger partial charge in [0.1, 0.15) is 11.2 Å². The van der Waals surface area contributed by atoms with Gasteiger partial charge in [0.05, 0.1) is 6.54 Å². The predicted molar refractivity (Wildman–Crippen MR) is 58.2 cm³/mol. The molecule has 1 unspecified atom stereocenters. The molecule has 1 aliphatic heterocycles. The first kappa shape index (κ1) is 14.2. The Labute approximate surface area is 99.9 Å². The van der Waals surface area contributed by atoms with Gasteiger partial charge in [-0.3, -0.25) is 0 Å². The zero-order valence-electron chi connectivity index (χ0n) is 10.6. The zero-order valence-corrected chi connectivity index (χ0v) is 10.6. The highest BCUT2D eigenvalue weighted by Gasteiger charge is 2.48. The lowest BCUT2D eigenvalue weighted by Crippen LogP contribution is -2.44. The molecule has 1 amide bonds. The summed E-state index contributed by atoms with van der Waals surface area (Å²) in [6.07, 6.45) is -3.06. The van der Waals surface area contributed by atoms with Gasteiger partial charge in [0.2, 0.25) is 0 Å². The monoisotopic (exact) mass is 251 g/mol. The van der Waals surface area contributed by atoms with Gasteiger partial charge in [-0.2, -0.15) is 0 Å². The molecule has 0 aliphatic carbocycles. The minimum Gasteiger partial charge on any atom is -0.444 e. The third-order valence-corrected chi connectivity index (χ3v) is 2.72. The van der Waals surface area contributed by atoms with E-state index in [1.165, 1.54) is 12.0 Å². The fraction of sp³-hybridized carbons (Fsp3) is 0.909.